The minimum atomic E-state index is -0.235. The first-order valence-electron chi connectivity index (χ1n) is 7.38. The van der Waals surface area contributed by atoms with Crippen LogP contribution in [0.2, 0.25) is 0 Å². The highest BCUT2D eigenvalue weighted by Gasteiger charge is 2.32. The van der Waals surface area contributed by atoms with Crippen molar-refractivity contribution < 1.29 is 9.84 Å². The van der Waals surface area contributed by atoms with Gasteiger partial charge in [-0.05, 0) is 37.9 Å². The first-order valence-corrected chi connectivity index (χ1v) is 7.38. The number of rotatable bonds is 5. The Morgan fingerprint density at radius 2 is 2.10 bits per heavy atom. The molecule has 1 unspecified atom stereocenters. The second kappa shape index (κ2) is 7.07. The highest BCUT2D eigenvalue weighted by molar-refractivity contribution is 5.34. The van der Waals surface area contributed by atoms with Gasteiger partial charge in [-0.3, -0.25) is 4.90 Å². The van der Waals surface area contributed by atoms with Crippen LogP contribution in [0, 0.1) is 0 Å². The minimum absolute atomic E-state index is 0.158. The summed E-state index contributed by atoms with van der Waals surface area (Å²) in [6.07, 6.45) is 1.93. The molecule has 4 heteroatoms. The lowest BCUT2D eigenvalue weighted by molar-refractivity contribution is 0.0475. The Morgan fingerprint density at radius 1 is 1.30 bits per heavy atom. The third-order valence-electron chi connectivity index (χ3n) is 4.21. The number of nitrogens with one attached hydrogen (secondary N) is 1. The van der Waals surface area contributed by atoms with E-state index in [0.29, 0.717) is 0 Å². The maximum atomic E-state index is 9.95. The zero-order valence-electron chi connectivity index (χ0n) is 12.6. The molecule has 0 amide bonds. The molecule has 1 aromatic rings. The summed E-state index contributed by atoms with van der Waals surface area (Å²) in [4.78, 5) is 2.40. The molecule has 0 aliphatic carbocycles. The van der Waals surface area contributed by atoms with Crippen molar-refractivity contribution in [3.05, 3.63) is 29.8 Å². The largest absolute Gasteiger partial charge is 0.496 e. The molecule has 20 heavy (non-hydrogen) atoms. The van der Waals surface area contributed by atoms with Gasteiger partial charge in [0.15, 0.2) is 0 Å². The van der Waals surface area contributed by atoms with E-state index in [0.717, 1.165) is 50.3 Å². The van der Waals surface area contributed by atoms with Crippen molar-refractivity contribution in [2.24, 2.45) is 0 Å². The molecule has 0 spiro atoms. The van der Waals surface area contributed by atoms with Gasteiger partial charge >= 0.3 is 0 Å². The van der Waals surface area contributed by atoms with E-state index < -0.39 is 0 Å². The normalized spacial score (nSPS) is 20.1. The van der Waals surface area contributed by atoms with Crippen LogP contribution in [-0.4, -0.2) is 55.4 Å². The molecule has 2 N–H and O–H groups in total. The maximum absolute atomic E-state index is 9.95. The summed E-state index contributed by atoms with van der Waals surface area (Å²) in [5.41, 5.74) is 0.921. The lowest BCUT2D eigenvalue weighted by Crippen LogP contribution is -2.52. The third-order valence-corrected chi connectivity index (χ3v) is 4.21. The van der Waals surface area contributed by atoms with Gasteiger partial charge in [0.25, 0.3) is 0 Å². The minimum Gasteiger partial charge on any atom is -0.496 e. The molecule has 0 bridgehead atoms. The van der Waals surface area contributed by atoms with E-state index in [2.05, 4.69) is 23.2 Å². The summed E-state index contributed by atoms with van der Waals surface area (Å²) >= 11 is 0. The van der Waals surface area contributed by atoms with Gasteiger partial charge in [-0.1, -0.05) is 18.2 Å². The number of hydrogen-bond acceptors (Lipinski definition) is 4. The summed E-state index contributed by atoms with van der Waals surface area (Å²) in [5, 5.41) is 13.4. The summed E-state index contributed by atoms with van der Waals surface area (Å²) in [6.45, 7) is 6.36. The van der Waals surface area contributed by atoms with Crippen LogP contribution in [0.1, 0.15) is 18.9 Å². The molecule has 0 aromatic heterocycles. The molecule has 2 rings (SSSR count). The van der Waals surface area contributed by atoms with Crippen molar-refractivity contribution >= 4 is 0 Å². The second-order valence-corrected chi connectivity index (χ2v) is 5.73. The number of para-hydroxylation sites is 1. The van der Waals surface area contributed by atoms with Crippen molar-refractivity contribution in [1.29, 1.82) is 0 Å². The summed E-state index contributed by atoms with van der Waals surface area (Å²) in [6, 6.07) is 8.08. The molecule has 4 nitrogen and oxygen atoms in total. The van der Waals surface area contributed by atoms with Crippen molar-refractivity contribution in [3.8, 4) is 5.75 Å². The van der Waals surface area contributed by atoms with Crippen LogP contribution >= 0.6 is 0 Å². The van der Waals surface area contributed by atoms with Gasteiger partial charge in [-0.2, -0.15) is 0 Å². The zero-order valence-corrected chi connectivity index (χ0v) is 12.6. The fraction of sp³-hybridized carbons (Fsp3) is 0.625. The quantitative estimate of drug-likeness (QED) is 0.852. The van der Waals surface area contributed by atoms with Crippen LogP contribution in [0.3, 0.4) is 0 Å². The Labute approximate surface area is 121 Å². The Hall–Kier alpha value is -1.10. The summed E-state index contributed by atoms with van der Waals surface area (Å²) in [5.74, 6) is 0.903. The van der Waals surface area contributed by atoms with Crippen LogP contribution in [0.15, 0.2) is 24.3 Å². The third kappa shape index (κ3) is 3.51. The SMILES string of the molecule is COc1ccccc1CC(C)(CO)N1CCCNCC1. The van der Waals surface area contributed by atoms with E-state index in [4.69, 9.17) is 4.74 Å². The molecule has 0 saturated carbocycles. The number of nitrogens with zero attached hydrogens (tertiary/aromatic N) is 1. The molecule has 1 aromatic carbocycles. The van der Waals surface area contributed by atoms with Gasteiger partial charge in [-0.15, -0.1) is 0 Å². The van der Waals surface area contributed by atoms with E-state index in [9.17, 15) is 5.11 Å². The number of ether oxygens (including phenoxy) is 1. The molecule has 1 atom stereocenters. The average molecular weight is 278 g/mol. The molecule has 112 valence electrons. The van der Waals surface area contributed by atoms with Crippen LogP contribution in [0.4, 0.5) is 0 Å². The van der Waals surface area contributed by atoms with Gasteiger partial charge in [0.1, 0.15) is 5.75 Å². The lowest BCUT2D eigenvalue weighted by atomic mass is 9.90. The monoisotopic (exact) mass is 278 g/mol. The first kappa shape index (κ1) is 15.3. The van der Waals surface area contributed by atoms with Gasteiger partial charge in [-0.25, -0.2) is 0 Å². The van der Waals surface area contributed by atoms with Crippen molar-refractivity contribution in [2.45, 2.75) is 25.3 Å². The molecule has 1 heterocycles. The Bertz CT molecular complexity index is 417. The Balaban J connectivity index is 2.17. The van der Waals surface area contributed by atoms with E-state index in [1.807, 2.05) is 18.2 Å². The van der Waals surface area contributed by atoms with Crippen LogP contribution in [0.25, 0.3) is 0 Å². The zero-order chi connectivity index (χ0) is 14.4. The fourth-order valence-corrected chi connectivity index (χ4v) is 2.91. The first-order chi connectivity index (χ1) is 9.69. The Morgan fingerprint density at radius 3 is 2.85 bits per heavy atom. The molecular formula is C16H26N2O2. The second-order valence-electron chi connectivity index (χ2n) is 5.73. The van der Waals surface area contributed by atoms with Crippen LogP contribution in [-0.2, 0) is 6.42 Å². The lowest BCUT2D eigenvalue weighted by Gasteiger charge is -2.40. The molecular weight excluding hydrogens is 252 g/mol. The molecule has 0 radical (unpaired) electrons. The van der Waals surface area contributed by atoms with Crippen LogP contribution < -0.4 is 10.1 Å². The highest BCUT2D eigenvalue weighted by Crippen LogP contribution is 2.27. The predicted octanol–water partition coefficient (Wildman–Crippen LogP) is 1.28. The van der Waals surface area contributed by atoms with E-state index in [1.165, 1.54) is 0 Å². The number of hydrogen-bond donors (Lipinski definition) is 2. The van der Waals surface area contributed by atoms with Crippen molar-refractivity contribution in [2.75, 3.05) is 39.9 Å². The fourth-order valence-electron chi connectivity index (χ4n) is 2.91. The van der Waals surface area contributed by atoms with E-state index in [1.54, 1.807) is 7.11 Å². The van der Waals surface area contributed by atoms with Gasteiger partial charge < -0.3 is 15.2 Å². The standard InChI is InChI=1S/C16H26N2O2/c1-16(13-19,18-10-5-8-17-9-11-18)12-14-6-3-4-7-15(14)20-2/h3-4,6-7,17,19H,5,8-13H2,1-2H3. The number of aliphatic hydroxyl groups excluding tert-OH is 1. The molecule has 1 aliphatic rings. The van der Waals surface area contributed by atoms with Crippen LogP contribution in [0.5, 0.6) is 5.75 Å². The topological polar surface area (TPSA) is 44.7 Å². The van der Waals surface area contributed by atoms with E-state index >= 15 is 0 Å². The molecule has 1 saturated heterocycles. The summed E-state index contributed by atoms with van der Waals surface area (Å²) < 4.78 is 5.44. The average Bonchev–Trinajstić information content (AvgIpc) is 2.77. The van der Waals surface area contributed by atoms with Gasteiger partial charge in [0.05, 0.1) is 13.7 Å². The van der Waals surface area contributed by atoms with Gasteiger partial charge in [0, 0.05) is 25.2 Å². The number of aliphatic hydroxyl groups is 1. The predicted molar refractivity (Wildman–Crippen MR) is 81.2 cm³/mol. The number of methoxy groups -OCH3 is 1. The smallest absolute Gasteiger partial charge is 0.122 e. The maximum Gasteiger partial charge on any atom is 0.122 e. The van der Waals surface area contributed by atoms with E-state index in [-0.39, 0.29) is 12.1 Å². The molecule has 1 fully saturated rings. The molecule has 1 aliphatic heterocycles. The number of benzene rings is 1. The Kier molecular flexibility index (Phi) is 5.40. The van der Waals surface area contributed by atoms with Gasteiger partial charge in [0.2, 0.25) is 0 Å². The van der Waals surface area contributed by atoms with Crippen molar-refractivity contribution in [1.82, 2.24) is 10.2 Å². The van der Waals surface area contributed by atoms with Crippen molar-refractivity contribution in [3.63, 3.8) is 0 Å². The summed E-state index contributed by atoms with van der Waals surface area (Å²) in [7, 11) is 1.70. The highest BCUT2D eigenvalue weighted by atomic mass is 16.5.